The molecule has 0 fully saturated rings. The van der Waals surface area contributed by atoms with E-state index in [1.165, 1.54) is 11.1 Å². The number of oxime groups is 1. The fraction of sp³-hybridized carbons (Fsp3) is 0.294. The highest BCUT2D eigenvalue weighted by Crippen LogP contribution is 2.27. The normalized spacial score (nSPS) is 17.0. The van der Waals surface area contributed by atoms with Crippen molar-refractivity contribution < 1.29 is 14.0 Å². The Hall–Kier alpha value is -2.56. The molecule has 0 bridgehead atoms. The third kappa shape index (κ3) is 3.36. The molecule has 0 radical (unpaired) electrons. The SMILES string of the molecule is Cc1cccc(CCNC(=O)C2=NOC(c3ccco3)C2)c1. The third-order valence-corrected chi connectivity index (χ3v) is 3.57. The van der Waals surface area contributed by atoms with Gasteiger partial charge in [-0.25, -0.2) is 0 Å². The number of hydrogen-bond donors (Lipinski definition) is 1. The molecule has 22 heavy (non-hydrogen) atoms. The van der Waals surface area contributed by atoms with Crippen LogP contribution in [-0.4, -0.2) is 18.2 Å². The van der Waals surface area contributed by atoms with Crippen molar-refractivity contribution in [3.8, 4) is 0 Å². The van der Waals surface area contributed by atoms with Crippen LogP contribution in [0, 0.1) is 6.92 Å². The van der Waals surface area contributed by atoms with Gasteiger partial charge in [0.2, 0.25) is 0 Å². The van der Waals surface area contributed by atoms with Gasteiger partial charge in [-0.05, 0) is 31.0 Å². The summed E-state index contributed by atoms with van der Waals surface area (Å²) in [5, 5.41) is 6.74. The maximum Gasteiger partial charge on any atom is 0.269 e. The molecule has 0 saturated heterocycles. The van der Waals surface area contributed by atoms with Crippen LogP contribution in [0.1, 0.15) is 29.4 Å². The molecule has 1 aromatic heterocycles. The Labute approximate surface area is 129 Å². The van der Waals surface area contributed by atoms with E-state index in [1.54, 1.807) is 12.3 Å². The van der Waals surface area contributed by atoms with E-state index in [4.69, 9.17) is 9.25 Å². The first-order valence-electron chi connectivity index (χ1n) is 7.32. The van der Waals surface area contributed by atoms with Crippen molar-refractivity contribution in [3.63, 3.8) is 0 Å². The number of benzene rings is 1. The molecule has 1 atom stereocenters. The van der Waals surface area contributed by atoms with Crippen molar-refractivity contribution in [3.05, 3.63) is 59.5 Å². The van der Waals surface area contributed by atoms with Gasteiger partial charge in [0, 0.05) is 13.0 Å². The summed E-state index contributed by atoms with van der Waals surface area (Å²) in [5.41, 5.74) is 2.84. The van der Waals surface area contributed by atoms with Gasteiger partial charge >= 0.3 is 0 Å². The zero-order chi connectivity index (χ0) is 15.4. The standard InChI is InChI=1S/C17H18N2O3/c1-12-4-2-5-13(10-12)7-8-18-17(20)14-11-16(22-19-14)15-6-3-9-21-15/h2-6,9-10,16H,7-8,11H2,1H3,(H,18,20). The van der Waals surface area contributed by atoms with Gasteiger partial charge in [0.1, 0.15) is 11.5 Å². The van der Waals surface area contributed by atoms with E-state index in [1.807, 2.05) is 12.1 Å². The fourth-order valence-corrected chi connectivity index (χ4v) is 2.43. The highest BCUT2D eigenvalue weighted by Gasteiger charge is 2.28. The first kappa shape index (κ1) is 14.4. The Morgan fingerprint density at radius 2 is 2.27 bits per heavy atom. The number of amides is 1. The number of aryl methyl sites for hydroxylation is 1. The molecule has 1 aromatic carbocycles. The van der Waals surface area contributed by atoms with E-state index in [-0.39, 0.29) is 12.0 Å². The summed E-state index contributed by atoms with van der Waals surface area (Å²) < 4.78 is 5.27. The lowest BCUT2D eigenvalue weighted by Gasteiger charge is -2.05. The molecule has 1 unspecified atom stereocenters. The van der Waals surface area contributed by atoms with Gasteiger partial charge < -0.3 is 14.6 Å². The Morgan fingerprint density at radius 1 is 1.36 bits per heavy atom. The van der Waals surface area contributed by atoms with E-state index in [9.17, 15) is 4.79 Å². The number of carbonyl (C=O) groups excluding carboxylic acids is 1. The Balaban J connectivity index is 1.47. The molecule has 0 spiro atoms. The fourth-order valence-electron chi connectivity index (χ4n) is 2.43. The number of nitrogens with one attached hydrogen (secondary N) is 1. The lowest BCUT2D eigenvalue weighted by atomic mass is 10.1. The average molecular weight is 298 g/mol. The van der Waals surface area contributed by atoms with Crippen LogP contribution in [0.25, 0.3) is 0 Å². The predicted octanol–water partition coefficient (Wildman–Crippen LogP) is 2.76. The second-order valence-corrected chi connectivity index (χ2v) is 5.35. The lowest BCUT2D eigenvalue weighted by Crippen LogP contribution is -2.32. The van der Waals surface area contributed by atoms with Crippen molar-refractivity contribution in [2.75, 3.05) is 6.54 Å². The summed E-state index contributed by atoms with van der Waals surface area (Å²) in [4.78, 5) is 17.3. The van der Waals surface area contributed by atoms with Crippen molar-refractivity contribution in [1.82, 2.24) is 5.32 Å². The van der Waals surface area contributed by atoms with Crippen LogP contribution in [0.3, 0.4) is 0 Å². The van der Waals surface area contributed by atoms with Crippen molar-refractivity contribution in [2.45, 2.75) is 25.9 Å². The predicted molar refractivity (Wildman–Crippen MR) is 82.5 cm³/mol. The Bertz CT molecular complexity index is 677. The zero-order valence-corrected chi connectivity index (χ0v) is 12.4. The van der Waals surface area contributed by atoms with E-state index < -0.39 is 0 Å². The van der Waals surface area contributed by atoms with E-state index in [0.717, 1.165) is 6.42 Å². The minimum atomic E-state index is -0.299. The van der Waals surface area contributed by atoms with Crippen molar-refractivity contribution in [1.29, 1.82) is 0 Å². The zero-order valence-electron chi connectivity index (χ0n) is 12.4. The molecule has 2 aromatic rings. The van der Waals surface area contributed by atoms with Gasteiger partial charge in [0.05, 0.1) is 6.26 Å². The molecule has 3 rings (SSSR count). The summed E-state index contributed by atoms with van der Waals surface area (Å²) in [7, 11) is 0. The molecule has 1 aliphatic heterocycles. The Kier molecular flexibility index (Phi) is 4.23. The van der Waals surface area contributed by atoms with Crippen LogP contribution in [0.2, 0.25) is 0 Å². The number of hydrogen-bond acceptors (Lipinski definition) is 4. The summed E-state index contributed by atoms with van der Waals surface area (Å²) >= 11 is 0. The van der Waals surface area contributed by atoms with Gasteiger partial charge in [-0.1, -0.05) is 35.0 Å². The summed E-state index contributed by atoms with van der Waals surface area (Å²) in [6, 6.07) is 11.9. The molecule has 5 nitrogen and oxygen atoms in total. The monoisotopic (exact) mass is 298 g/mol. The van der Waals surface area contributed by atoms with Gasteiger partial charge in [-0.2, -0.15) is 0 Å². The Morgan fingerprint density at radius 3 is 3.05 bits per heavy atom. The smallest absolute Gasteiger partial charge is 0.269 e. The quantitative estimate of drug-likeness (QED) is 0.923. The second kappa shape index (κ2) is 6.47. The molecule has 0 saturated carbocycles. The number of furan rings is 1. The van der Waals surface area contributed by atoms with Crippen LogP contribution in [0.15, 0.2) is 52.2 Å². The first-order chi connectivity index (χ1) is 10.7. The third-order valence-electron chi connectivity index (χ3n) is 3.57. The maximum absolute atomic E-state index is 12.1. The highest BCUT2D eigenvalue weighted by atomic mass is 16.6. The van der Waals surface area contributed by atoms with Crippen LogP contribution in [-0.2, 0) is 16.1 Å². The van der Waals surface area contributed by atoms with E-state index >= 15 is 0 Å². The summed E-state index contributed by atoms with van der Waals surface area (Å²) in [6.07, 6.45) is 2.51. The minimum absolute atomic E-state index is 0.179. The lowest BCUT2D eigenvalue weighted by molar-refractivity contribution is -0.114. The molecule has 2 heterocycles. The van der Waals surface area contributed by atoms with Gasteiger partial charge in [0.25, 0.3) is 5.91 Å². The van der Waals surface area contributed by atoms with Crippen LogP contribution in [0.5, 0.6) is 0 Å². The molecular weight excluding hydrogens is 280 g/mol. The molecule has 114 valence electrons. The number of rotatable bonds is 5. The van der Waals surface area contributed by atoms with Crippen molar-refractivity contribution >= 4 is 11.6 Å². The van der Waals surface area contributed by atoms with Crippen molar-refractivity contribution in [2.24, 2.45) is 5.16 Å². The van der Waals surface area contributed by atoms with Crippen LogP contribution in [0.4, 0.5) is 0 Å². The highest BCUT2D eigenvalue weighted by molar-refractivity contribution is 6.39. The van der Waals surface area contributed by atoms with E-state index in [2.05, 4.69) is 35.6 Å². The average Bonchev–Trinajstić information content (AvgIpc) is 3.18. The second-order valence-electron chi connectivity index (χ2n) is 5.35. The summed E-state index contributed by atoms with van der Waals surface area (Å²) in [5.74, 6) is 0.507. The summed E-state index contributed by atoms with van der Waals surface area (Å²) in [6.45, 7) is 2.63. The molecule has 1 amide bonds. The van der Waals surface area contributed by atoms with E-state index in [0.29, 0.717) is 24.4 Å². The van der Waals surface area contributed by atoms with Crippen LogP contribution >= 0.6 is 0 Å². The first-order valence-corrected chi connectivity index (χ1v) is 7.32. The largest absolute Gasteiger partial charge is 0.465 e. The van der Waals surface area contributed by atoms with Gasteiger partial charge in [-0.3, -0.25) is 4.79 Å². The maximum atomic E-state index is 12.1. The topological polar surface area (TPSA) is 63.8 Å². The molecular formula is C17H18N2O3. The molecule has 1 aliphatic rings. The molecule has 5 heteroatoms. The molecule has 1 N–H and O–H groups in total. The number of nitrogens with zero attached hydrogens (tertiary/aromatic N) is 1. The number of carbonyl (C=O) groups is 1. The minimum Gasteiger partial charge on any atom is -0.465 e. The van der Waals surface area contributed by atoms with Gasteiger partial charge in [-0.15, -0.1) is 0 Å². The van der Waals surface area contributed by atoms with Gasteiger partial charge in [0.15, 0.2) is 6.10 Å². The molecule has 0 aliphatic carbocycles. The van der Waals surface area contributed by atoms with Crippen LogP contribution < -0.4 is 5.32 Å².